The van der Waals surface area contributed by atoms with Crippen LogP contribution >= 0.6 is 23.2 Å². The molecule has 1 aromatic heterocycles. The average molecular weight is 306 g/mol. The molecule has 1 atom stereocenters. The van der Waals surface area contributed by atoms with Gasteiger partial charge >= 0.3 is 0 Å². The minimum Gasteiger partial charge on any atom is -0.459 e. The normalized spacial score (nSPS) is 12.8. The Morgan fingerprint density at radius 2 is 1.85 bits per heavy atom. The summed E-state index contributed by atoms with van der Waals surface area (Å²) < 4.78 is 5.78. The molecule has 2 aromatic carbocycles. The lowest BCUT2D eigenvalue weighted by Gasteiger charge is -2.11. The number of hydrogen-bond donors (Lipinski definition) is 1. The molecule has 0 aliphatic carbocycles. The van der Waals surface area contributed by atoms with Gasteiger partial charge in [-0.05, 0) is 48.4 Å². The molecular weight excluding hydrogens is 293 g/mol. The van der Waals surface area contributed by atoms with E-state index in [0.29, 0.717) is 15.8 Å². The molecule has 0 aliphatic heterocycles. The van der Waals surface area contributed by atoms with Gasteiger partial charge in [-0.1, -0.05) is 35.3 Å². The Kier molecular flexibility index (Phi) is 3.47. The number of halogens is 2. The zero-order valence-corrected chi connectivity index (χ0v) is 12.4. The number of fused-ring (bicyclic) bond motifs is 1. The van der Waals surface area contributed by atoms with Crippen molar-refractivity contribution in [3.8, 4) is 0 Å². The highest BCUT2D eigenvalue weighted by atomic mass is 35.5. The van der Waals surface area contributed by atoms with Gasteiger partial charge in [-0.25, -0.2) is 0 Å². The van der Waals surface area contributed by atoms with Crippen molar-refractivity contribution in [2.24, 2.45) is 5.73 Å². The van der Waals surface area contributed by atoms with Crippen molar-refractivity contribution < 1.29 is 4.42 Å². The lowest BCUT2D eigenvalue weighted by atomic mass is 10.0. The molecule has 0 bridgehead atoms. The predicted octanol–water partition coefficient (Wildman–Crippen LogP) is 5.10. The Bertz CT molecular complexity index is 779. The van der Waals surface area contributed by atoms with Gasteiger partial charge in [-0.15, -0.1) is 0 Å². The lowest BCUT2D eigenvalue weighted by molar-refractivity contribution is 0.525. The molecule has 1 heterocycles. The van der Waals surface area contributed by atoms with Crippen molar-refractivity contribution in [3.63, 3.8) is 0 Å². The molecule has 4 heteroatoms. The Hall–Kier alpha value is -1.48. The van der Waals surface area contributed by atoms with Crippen LogP contribution in [0.5, 0.6) is 0 Å². The third-order valence-corrected chi connectivity index (χ3v) is 3.86. The number of aryl methyl sites for hydroxylation is 1. The maximum Gasteiger partial charge on any atom is 0.134 e. The van der Waals surface area contributed by atoms with Crippen LogP contribution < -0.4 is 5.73 Å². The summed E-state index contributed by atoms with van der Waals surface area (Å²) in [6, 6.07) is 12.8. The number of nitrogens with two attached hydrogens (primary N) is 1. The van der Waals surface area contributed by atoms with Crippen LogP contribution in [0.3, 0.4) is 0 Å². The topological polar surface area (TPSA) is 39.2 Å². The van der Waals surface area contributed by atoms with Gasteiger partial charge in [-0.2, -0.15) is 0 Å². The van der Waals surface area contributed by atoms with Gasteiger partial charge in [0, 0.05) is 15.4 Å². The minimum atomic E-state index is -0.394. The van der Waals surface area contributed by atoms with Crippen LogP contribution in [0.4, 0.5) is 0 Å². The van der Waals surface area contributed by atoms with Crippen LogP contribution in [-0.2, 0) is 0 Å². The fraction of sp³-hybridized carbons (Fsp3) is 0.125. The second-order valence-corrected chi connectivity index (χ2v) is 5.68. The average Bonchev–Trinajstić information content (AvgIpc) is 2.81. The second kappa shape index (κ2) is 5.13. The fourth-order valence-corrected chi connectivity index (χ4v) is 2.76. The molecule has 0 fully saturated rings. The molecule has 2 nitrogen and oxygen atoms in total. The van der Waals surface area contributed by atoms with Crippen molar-refractivity contribution in [2.45, 2.75) is 13.0 Å². The summed E-state index contributed by atoms with van der Waals surface area (Å²) in [5.41, 5.74) is 8.97. The summed E-state index contributed by atoms with van der Waals surface area (Å²) in [6.07, 6.45) is 0. The maximum atomic E-state index is 6.26. The predicted molar refractivity (Wildman–Crippen MR) is 83.4 cm³/mol. The van der Waals surface area contributed by atoms with Crippen molar-refractivity contribution in [2.75, 3.05) is 0 Å². The highest BCUT2D eigenvalue weighted by molar-refractivity contribution is 6.31. The van der Waals surface area contributed by atoms with Gasteiger partial charge in [0.25, 0.3) is 0 Å². The Labute approximate surface area is 127 Å². The van der Waals surface area contributed by atoms with Gasteiger partial charge in [-0.3, -0.25) is 0 Å². The molecule has 3 rings (SSSR count). The zero-order chi connectivity index (χ0) is 14.3. The van der Waals surface area contributed by atoms with Crippen LogP contribution in [0.15, 0.2) is 46.9 Å². The van der Waals surface area contributed by atoms with E-state index in [1.165, 1.54) is 0 Å². The summed E-state index contributed by atoms with van der Waals surface area (Å²) in [4.78, 5) is 0. The van der Waals surface area contributed by atoms with Crippen LogP contribution in [0.2, 0.25) is 10.0 Å². The largest absolute Gasteiger partial charge is 0.459 e. The van der Waals surface area contributed by atoms with Gasteiger partial charge in [0.2, 0.25) is 0 Å². The highest BCUT2D eigenvalue weighted by Crippen LogP contribution is 2.31. The zero-order valence-electron chi connectivity index (χ0n) is 10.9. The summed E-state index contributed by atoms with van der Waals surface area (Å²) in [5, 5.41) is 2.26. The van der Waals surface area contributed by atoms with Crippen LogP contribution in [-0.4, -0.2) is 0 Å². The number of rotatable bonds is 2. The summed E-state index contributed by atoms with van der Waals surface area (Å²) in [5.74, 6) is 0.674. The van der Waals surface area contributed by atoms with E-state index in [9.17, 15) is 0 Å². The van der Waals surface area contributed by atoms with Gasteiger partial charge in [0.05, 0.1) is 6.04 Å². The first kappa shape index (κ1) is 13.5. The molecule has 0 radical (unpaired) electrons. The quantitative estimate of drug-likeness (QED) is 0.715. The monoisotopic (exact) mass is 305 g/mol. The molecule has 3 aromatic rings. The van der Waals surface area contributed by atoms with E-state index in [0.717, 1.165) is 22.1 Å². The van der Waals surface area contributed by atoms with E-state index in [4.69, 9.17) is 33.4 Å². The maximum absolute atomic E-state index is 6.26. The Morgan fingerprint density at radius 1 is 1.05 bits per heavy atom. The van der Waals surface area contributed by atoms with Crippen molar-refractivity contribution >= 4 is 34.2 Å². The van der Waals surface area contributed by atoms with Gasteiger partial charge < -0.3 is 10.2 Å². The van der Waals surface area contributed by atoms with E-state index < -0.39 is 6.04 Å². The van der Waals surface area contributed by atoms with Crippen molar-refractivity contribution in [1.82, 2.24) is 0 Å². The van der Waals surface area contributed by atoms with E-state index >= 15 is 0 Å². The van der Waals surface area contributed by atoms with E-state index in [2.05, 4.69) is 0 Å². The van der Waals surface area contributed by atoms with Crippen LogP contribution in [0.25, 0.3) is 11.0 Å². The van der Waals surface area contributed by atoms with E-state index in [-0.39, 0.29) is 0 Å². The summed E-state index contributed by atoms with van der Waals surface area (Å²) >= 11 is 12.2. The highest BCUT2D eigenvalue weighted by Gasteiger charge is 2.17. The van der Waals surface area contributed by atoms with Crippen LogP contribution in [0, 0.1) is 6.92 Å². The Morgan fingerprint density at radius 3 is 2.60 bits per heavy atom. The molecule has 2 N–H and O–H groups in total. The number of benzene rings is 2. The second-order valence-electron chi connectivity index (χ2n) is 4.83. The number of hydrogen-bond acceptors (Lipinski definition) is 2. The third kappa shape index (κ3) is 2.42. The van der Waals surface area contributed by atoms with E-state index in [1.54, 1.807) is 6.07 Å². The SMILES string of the molecule is Cc1ccc(C(N)c2cc3cc(Cl)ccc3o2)c(Cl)c1. The lowest BCUT2D eigenvalue weighted by Crippen LogP contribution is -2.11. The molecule has 20 heavy (non-hydrogen) atoms. The standard InChI is InChI=1S/C16H13Cl2NO/c1-9-2-4-12(13(18)6-9)16(19)15-8-10-7-11(17)3-5-14(10)20-15/h2-8,16H,19H2,1H3. The first-order chi connectivity index (χ1) is 9.54. The molecular formula is C16H13Cl2NO. The molecule has 102 valence electrons. The third-order valence-electron chi connectivity index (χ3n) is 3.29. The van der Waals surface area contributed by atoms with Crippen molar-refractivity contribution in [3.05, 3.63) is 69.4 Å². The molecule has 0 amide bonds. The summed E-state index contributed by atoms with van der Waals surface area (Å²) in [7, 11) is 0. The smallest absolute Gasteiger partial charge is 0.134 e. The van der Waals surface area contributed by atoms with Gasteiger partial charge in [0.1, 0.15) is 11.3 Å². The number of furan rings is 1. The molecule has 1 unspecified atom stereocenters. The molecule has 0 spiro atoms. The first-order valence-corrected chi connectivity index (χ1v) is 7.01. The fourth-order valence-electron chi connectivity index (χ4n) is 2.23. The molecule has 0 aliphatic rings. The van der Waals surface area contributed by atoms with Gasteiger partial charge in [0.15, 0.2) is 0 Å². The summed E-state index contributed by atoms with van der Waals surface area (Å²) in [6.45, 7) is 1.99. The first-order valence-electron chi connectivity index (χ1n) is 6.25. The molecule has 0 saturated heterocycles. The van der Waals surface area contributed by atoms with Crippen LogP contribution in [0.1, 0.15) is 22.9 Å². The van der Waals surface area contributed by atoms with Crippen molar-refractivity contribution in [1.29, 1.82) is 0 Å². The minimum absolute atomic E-state index is 0.394. The van der Waals surface area contributed by atoms with E-state index in [1.807, 2.05) is 43.3 Å². The molecule has 0 saturated carbocycles. The Balaban J connectivity index is 2.05.